The summed E-state index contributed by atoms with van der Waals surface area (Å²) in [6.45, 7) is 4.48. The molecular formula is C19H30O. The van der Waals surface area contributed by atoms with Crippen molar-refractivity contribution in [1.29, 1.82) is 0 Å². The molecule has 0 spiro atoms. The van der Waals surface area contributed by atoms with Crippen molar-refractivity contribution in [3.8, 4) is 0 Å². The van der Waals surface area contributed by atoms with E-state index in [4.69, 9.17) is 0 Å². The van der Waals surface area contributed by atoms with Gasteiger partial charge < -0.3 is 0 Å². The van der Waals surface area contributed by atoms with Crippen LogP contribution in [0.3, 0.4) is 0 Å². The third-order valence-corrected chi connectivity index (χ3v) is 3.85. The number of benzene rings is 1. The maximum Gasteiger partial charge on any atom is 0.150 e. The fourth-order valence-electron chi connectivity index (χ4n) is 2.66. The standard InChI is InChI=1S/C19H30O/c1-3-5-7-9-11-17-13-18(12-10-8-6-4-2)15-19(14-17)16-20/h13-16H,3-12H2,1-2H3. The van der Waals surface area contributed by atoms with Gasteiger partial charge in [-0.25, -0.2) is 0 Å². The molecule has 1 rings (SSSR count). The molecule has 20 heavy (non-hydrogen) atoms. The van der Waals surface area contributed by atoms with Crippen LogP contribution in [0.5, 0.6) is 0 Å². The molecule has 0 amide bonds. The third kappa shape index (κ3) is 6.88. The molecule has 0 fully saturated rings. The van der Waals surface area contributed by atoms with Crippen LogP contribution in [-0.2, 0) is 12.8 Å². The third-order valence-electron chi connectivity index (χ3n) is 3.85. The van der Waals surface area contributed by atoms with Crippen LogP contribution in [0.4, 0.5) is 0 Å². The van der Waals surface area contributed by atoms with Gasteiger partial charge in [-0.2, -0.15) is 0 Å². The molecule has 0 saturated carbocycles. The summed E-state index contributed by atoms with van der Waals surface area (Å²) in [6, 6.07) is 6.44. The lowest BCUT2D eigenvalue weighted by Gasteiger charge is -2.07. The molecule has 0 N–H and O–H groups in total. The molecule has 1 aromatic rings. The maximum atomic E-state index is 11.1. The van der Waals surface area contributed by atoms with Gasteiger partial charge in [0.1, 0.15) is 6.29 Å². The van der Waals surface area contributed by atoms with Crippen LogP contribution in [0, 0.1) is 0 Å². The van der Waals surface area contributed by atoms with Gasteiger partial charge in [0.15, 0.2) is 0 Å². The Morgan fingerprint density at radius 3 is 1.65 bits per heavy atom. The van der Waals surface area contributed by atoms with Gasteiger partial charge in [0.25, 0.3) is 0 Å². The zero-order chi connectivity index (χ0) is 14.6. The van der Waals surface area contributed by atoms with Crippen molar-refractivity contribution in [2.75, 3.05) is 0 Å². The van der Waals surface area contributed by atoms with Gasteiger partial charge in [0.2, 0.25) is 0 Å². The first kappa shape index (κ1) is 16.9. The van der Waals surface area contributed by atoms with Crippen LogP contribution in [0.1, 0.15) is 86.7 Å². The van der Waals surface area contributed by atoms with Crippen molar-refractivity contribution < 1.29 is 4.79 Å². The number of carbonyl (C=O) groups is 1. The average Bonchev–Trinajstić information content (AvgIpc) is 2.48. The Balaban J connectivity index is 2.53. The van der Waals surface area contributed by atoms with E-state index in [1.54, 1.807) is 0 Å². The number of unbranched alkanes of at least 4 members (excludes halogenated alkanes) is 6. The van der Waals surface area contributed by atoms with E-state index in [1.165, 1.54) is 62.5 Å². The molecule has 1 nitrogen and oxygen atoms in total. The van der Waals surface area contributed by atoms with Crippen molar-refractivity contribution >= 4 is 6.29 Å². The SMILES string of the molecule is CCCCCCc1cc(C=O)cc(CCCCCC)c1. The molecule has 1 heteroatoms. The Hall–Kier alpha value is -1.11. The topological polar surface area (TPSA) is 17.1 Å². The largest absolute Gasteiger partial charge is 0.298 e. The minimum Gasteiger partial charge on any atom is -0.298 e. The van der Waals surface area contributed by atoms with E-state index in [0.717, 1.165) is 24.7 Å². The van der Waals surface area contributed by atoms with Crippen LogP contribution in [0.25, 0.3) is 0 Å². The Morgan fingerprint density at radius 1 is 0.750 bits per heavy atom. The van der Waals surface area contributed by atoms with E-state index in [-0.39, 0.29) is 0 Å². The molecule has 0 saturated heterocycles. The van der Waals surface area contributed by atoms with Crippen molar-refractivity contribution in [2.24, 2.45) is 0 Å². The molecule has 0 bridgehead atoms. The van der Waals surface area contributed by atoms with E-state index < -0.39 is 0 Å². The van der Waals surface area contributed by atoms with Gasteiger partial charge in [0.05, 0.1) is 0 Å². The van der Waals surface area contributed by atoms with E-state index in [9.17, 15) is 4.79 Å². The van der Waals surface area contributed by atoms with Gasteiger partial charge in [-0.1, -0.05) is 58.4 Å². The molecule has 1 aromatic carbocycles. The van der Waals surface area contributed by atoms with Gasteiger partial charge in [-0.15, -0.1) is 0 Å². The van der Waals surface area contributed by atoms with Crippen LogP contribution >= 0.6 is 0 Å². The van der Waals surface area contributed by atoms with Crippen molar-refractivity contribution in [3.63, 3.8) is 0 Å². The summed E-state index contributed by atoms with van der Waals surface area (Å²) in [6.07, 6.45) is 13.5. The minimum absolute atomic E-state index is 0.850. The van der Waals surface area contributed by atoms with Crippen molar-refractivity contribution in [2.45, 2.75) is 78.1 Å². The fraction of sp³-hybridized carbons (Fsp3) is 0.632. The molecule has 0 unspecified atom stereocenters. The molecule has 0 aliphatic carbocycles. The molecule has 0 heterocycles. The second kappa shape index (κ2) is 10.7. The first-order valence-electron chi connectivity index (χ1n) is 8.38. The highest BCUT2D eigenvalue weighted by atomic mass is 16.1. The second-order valence-electron chi connectivity index (χ2n) is 5.82. The van der Waals surface area contributed by atoms with E-state index in [2.05, 4.69) is 32.0 Å². The Bertz CT molecular complexity index is 351. The summed E-state index contributed by atoms with van der Waals surface area (Å²) in [5.74, 6) is 0. The molecule has 112 valence electrons. The van der Waals surface area contributed by atoms with Crippen molar-refractivity contribution in [1.82, 2.24) is 0 Å². The van der Waals surface area contributed by atoms with Crippen LogP contribution in [0.2, 0.25) is 0 Å². The van der Waals surface area contributed by atoms with E-state index in [1.807, 2.05) is 0 Å². The van der Waals surface area contributed by atoms with Gasteiger partial charge >= 0.3 is 0 Å². The van der Waals surface area contributed by atoms with Crippen LogP contribution in [0.15, 0.2) is 18.2 Å². The fourth-order valence-corrected chi connectivity index (χ4v) is 2.66. The van der Waals surface area contributed by atoms with Gasteiger partial charge in [-0.05, 0) is 48.9 Å². The van der Waals surface area contributed by atoms with Crippen LogP contribution < -0.4 is 0 Å². The number of carbonyl (C=O) groups excluding carboxylic acids is 1. The zero-order valence-corrected chi connectivity index (χ0v) is 13.3. The van der Waals surface area contributed by atoms with E-state index in [0.29, 0.717) is 0 Å². The highest BCUT2D eigenvalue weighted by molar-refractivity contribution is 5.75. The molecule has 0 aliphatic heterocycles. The lowest BCUT2D eigenvalue weighted by Crippen LogP contribution is -1.94. The predicted molar refractivity (Wildman–Crippen MR) is 87.5 cm³/mol. The summed E-state index contributed by atoms with van der Waals surface area (Å²) in [5, 5.41) is 0. The quantitative estimate of drug-likeness (QED) is 0.371. The maximum absolute atomic E-state index is 11.1. The van der Waals surface area contributed by atoms with E-state index >= 15 is 0 Å². The van der Waals surface area contributed by atoms with Gasteiger partial charge in [-0.3, -0.25) is 4.79 Å². The minimum atomic E-state index is 0.850. The summed E-state index contributed by atoms with van der Waals surface area (Å²) in [5.41, 5.74) is 3.54. The highest BCUT2D eigenvalue weighted by Crippen LogP contribution is 2.15. The lowest BCUT2D eigenvalue weighted by atomic mass is 9.98. The highest BCUT2D eigenvalue weighted by Gasteiger charge is 2.02. The Kier molecular flexibility index (Phi) is 9.02. The lowest BCUT2D eigenvalue weighted by molar-refractivity contribution is 0.112. The molecular weight excluding hydrogens is 244 g/mol. The molecule has 0 aliphatic rings. The normalized spacial score (nSPS) is 10.7. The second-order valence-corrected chi connectivity index (χ2v) is 5.82. The Morgan fingerprint density at radius 2 is 1.25 bits per heavy atom. The zero-order valence-electron chi connectivity index (χ0n) is 13.3. The number of aryl methyl sites for hydroxylation is 2. The first-order chi connectivity index (χ1) is 9.80. The van der Waals surface area contributed by atoms with Crippen molar-refractivity contribution in [3.05, 3.63) is 34.9 Å². The smallest absolute Gasteiger partial charge is 0.150 e. The molecule has 0 aromatic heterocycles. The predicted octanol–water partition coefficient (Wildman–Crippen LogP) is 5.74. The van der Waals surface area contributed by atoms with Gasteiger partial charge in [0, 0.05) is 5.56 Å². The first-order valence-corrected chi connectivity index (χ1v) is 8.38. The summed E-state index contributed by atoms with van der Waals surface area (Å²) in [7, 11) is 0. The Labute approximate surface area is 124 Å². The number of rotatable bonds is 11. The monoisotopic (exact) mass is 274 g/mol. The molecule has 0 atom stereocenters. The summed E-state index contributed by atoms with van der Waals surface area (Å²) in [4.78, 5) is 11.1. The summed E-state index contributed by atoms with van der Waals surface area (Å²) < 4.78 is 0. The summed E-state index contributed by atoms with van der Waals surface area (Å²) >= 11 is 0. The molecule has 0 radical (unpaired) electrons. The van der Waals surface area contributed by atoms with Crippen LogP contribution in [-0.4, -0.2) is 6.29 Å². The average molecular weight is 274 g/mol. The number of aldehydes is 1. The number of hydrogen-bond acceptors (Lipinski definition) is 1. The number of hydrogen-bond donors (Lipinski definition) is 0.